The number of nitrogens with zero attached hydrogens (tertiary/aromatic N) is 2. The number of amidine groups is 1. The van der Waals surface area contributed by atoms with Gasteiger partial charge in [-0.15, -0.1) is 11.3 Å². The molecule has 3 N–H and O–H groups in total. The van der Waals surface area contributed by atoms with Crippen LogP contribution in [0.5, 0.6) is 0 Å². The SMILES string of the molecule is CC(C)CCN=C(N)SCc1nc2scc(-c3ccccc3)c2c(=O)[nH]1. The third-order valence-corrected chi connectivity index (χ3v) is 5.62. The Bertz CT molecular complexity index is 961. The number of rotatable bonds is 6. The lowest BCUT2D eigenvalue weighted by atomic mass is 10.1. The number of aromatic nitrogens is 2. The number of thioether (sulfide) groups is 1. The average molecular weight is 387 g/mol. The fourth-order valence-corrected chi connectivity index (χ4v) is 4.08. The number of H-pyrrole nitrogens is 1. The monoisotopic (exact) mass is 386 g/mol. The minimum Gasteiger partial charge on any atom is -0.379 e. The molecule has 3 rings (SSSR count). The lowest BCUT2D eigenvalue weighted by molar-refractivity contribution is 0.597. The number of thiophene rings is 1. The molecule has 0 amide bonds. The average Bonchev–Trinajstić information content (AvgIpc) is 3.05. The van der Waals surface area contributed by atoms with Crippen LogP contribution in [0.2, 0.25) is 0 Å². The lowest BCUT2D eigenvalue weighted by Gasteiger charge is -2.04. The van der Waals surface area contributed by atoms with Crippen molar-refractivity contribution in [2.75, 3.05) is 6.54 Å². The maximum absolute atomic E-state index is 12.6. The third kappa shape index (κ3) is 4.53. The molecule has 2 aromatic heterocycles. The molecule has 0 unspecified atom stereocenters. The molecule has 0 saturated heterocycles. The molecule has 0 aliphatic rings. The van der Waals surface area contributed by atoms with Crippen LogP contribution in [0.1, 0.15) is 26.1 Å². The first-order chi connectivity index (χ1) is 12.5. The molecule has 3 aromatic rings. The van der Waals surface area contributed by atoms with Gasteiger partial charge in [0.15, 0.2) is 5.17 Å². The summed E-state index contributed by atoms with van der Waals surface area (Å²) >= 11 is 2.89. The van der Waals surface area contributed by atoms with E-state index in [1.165, 1.54) is 23.1 Å². The van der Waals surface area contributed by atoms with Crippen LogP contribution in [-0.2, 0) is 5.75 Å². The first kappa shape index (κ1) is 18.7. The van der Waals surface area contributed by atoms with Gasteiger partial charge in [-0.25, -0.2) is 4.98 Å². The summed E-state index contributed by atoms with van der Waals surface area (Å²) in [6.07, 6.45) is 1.01. The van der Waals surface area contributed by atoms with Crippen molar-refractivity contribution in [1.82, 2.24) is 9.97 Å². The number of aliphatic imine (C=N–C) groups is 1. The summed E-state index contributed by atoms with van der Waals surface area (Å²) in [4.78, 5) is 25.2. The summed E-state index contributed by atoms with van der Waals surface area (Å²) in [7, 11) is 0. The number of nitrogens with one attached hydrogen (secondary N) is 1. The molecule has 0 fully saturated rings. The first-order valence-electron chi connectivity index (χ1n) is 8.53. The van der Waals surface area contributed by atoms with E-state index >= 15 is 0 Å². The quantitative estimate of drug-likeness (QED) is 0.490. The summed E-state index contributed by atoms with van der Waals surface area (Å²) in [5.41, 5.74) is 7.77. The smallest absolute Gasteiger partial charge is 0.260 e. The predicted molar refractivity (Wildman–Crippen MR) is 113 cm³/mol. The third-order valence-electron chi connectivity index (χ3n) is 3.91. The van der Waals surface area contributed by atoms with E-state index in [1.807, 2.05) is 35.7 Å². The van der Waals surface area contributed by atoms with Gasteiger partial charge < -0.3 is 10.7 Å². The Morgan fingerprint density at radius 3 is 2.85 bits per heavy atom. The number of hydrogen-bond acceptors (Lipinski definition) is 5. The van der Waals surface area contributed by atoms with E-state index in [9.17, 15) is 4.79 Å². The summed E-state index contributed by atoms with van der Waals surface area (Å²) in [5.74, 6) is 1.73. The van der Waals surface area contributed by atoms with Crippen molar-refractivity contribution in [3.8, 4) is 11.1 Å². The molecule has 0 bridgehead atoms. The molecule has 0 aliphatic carbocycles. The maximum Gasteiger partial charge on any atom is 0.260 e. The highest BCUT2D eigenvalue weighted by molar-refractivity contribution is 8.13. The zero-order valence-electron chi connectivity index (χ0n) is 14.9. The zero-order chi connectivity index (χ0) is 18.5. The Morgan fingerprint density at radius 1 is 1.35 bits per heavy atom. The van der Waals surface area contributed by atoms with Crippen LogP contribution in [0.15, 0.2) is 45.5 Å². The fraction of sp³-hybridized carbons (Fsp3) is 0.316. The number of hydrogen-bond donors (Lipinski definition) is 2. The van der Waals surface area contributed by atoms with Crippen molar-refractivity contribution >= 4 is 38.5 Å². The van der Waals surface area contributed by atoms with E-state index in [2.05, 4.69) is 28.8 Å². The lowest BCUT2D eigenvalue weighted by Crippen LogP contribution is -2.13. The molecule has 0 radical (unpaired) electrons. The van der Waals surface area contributed by atoms with E-state index in [0.29, 0.717) is 28.0 Å². The minimum absolute atomic E-state index is 0.110. The van der Waals surface area contributed by atoms with Crippen LogP contribution in [-0.4, -0.2) is 21.7 Å². The highest BCUT2D eigenvalue weighted by Gasteiger charge is 2.13. The van der Waals surface area contributed by atoms with Crippen LogP contribution in [0.4, 0.5) is 0 Å². The first-order valence-corrected chi connectivity index (χ1v) is 10.4. The van der Waals surface area contributed by atoms with Crippen LogP contribution in [0.25, 0.3) is 21.3 Å². The zero-order valence-corrected chi connectivity index (χ0v) is 16.5. The molecule has 0 spiro atoms. The Morgan fingerprint density at radius 2 is 2.12 bits per heavy atom. The van der Waals surface area contributed by atoms with Gasteiger partial charge in [0.05, 0.1) is 11.1 Å². The van der Waals surface area contributed by atoms with Crippen LogP contribution < -0.4 is 11.3 Å². The van der Waals surface area contributed by atoms with Gasteiger partial charge >= 0.3 is 0 Å². The second-order valence-corrected chi connectivity index (χ2v) is 8.25. The normalized spacial score (nSPS) is 12.2. The summed E-state index contributed by atoms with van der Waals surface area (Å²) in [6, 6.07) is 9.89. The Balaban J connectivity index is 1.77. The second-order valence-electron chi connectivity index (χ2n) is 6.40. The Hall–Kier alpha value is -2.12. The number of benzene rings is 1. The van der Waals surface area contributed by atoms with Crippen molar-refractivity contribution in [2.24, 2.45) is 16.6 Å². The summed E-state index contributed by atoms with van der Waals surface area (Å²) < 4.78 is 0. The van der Waals surface area contributed by atoms with Gasteiger partial charge in [0.1, 0.15) is 10.7 Å². The standard InChI is InChI=1S/C19H22N4OS2/c1-12(2)8-9-21-19(20)26-11-15-22-17(24)16-14(10-25-18(16)23-15)13-6-4-3-5-7-13/h3-7,10,12H,8-9,11H2,1-2H3,(H2,20,21)(H,22,23,24). The van der Waals surface area contributed by atoms with Crippen molar-refractivity contribution in [3.05, 3.63) is 51.9 Å². The highest BCUT2D eigenvalue weighted by Crippen LogP contribution is 2.30. The molecule has 136 valence electrons. The molecule has 0 saturated carbocycles. The minimum atomic E-state index is -0.110. The van der Waals surface area contributed by atoms with Crippen LogP contribution >= 0.6 is 23.1 Å². The van der Waals surface area contributed by atoms with Crippen LogP contribution in [0, 0.1) is 5.92 Å². The van der Waals surface area contributed by atoms with Crippen molar-refractivity contribution in [3.63, 3.8) is 0 Å². The van der Waals surface area contributed by atoms with Gasteiger partial charge in [-0.1, -0.05) is 55.9 Å². The summed E-state index contributed by atoms with van der Waals surface area (Å²) in [6.45, 7) is 5.05. The van der Waals surface area contributed by atoms with E-state index < -0.39 is 0 Å². The molecule has 7 heteroatoms. The van der Waals surface area contributed by atoms with E-state index in [4.69, 9.17) is 5.73 Å². The Labute approximate surface area is 160 Å². The number of nitrogens with two attached hydrogens (primary N) is 1. The van der Waals surface area contributed by atoms with Crippen molar-refractivity contribution in [2.45, 2.75) is 26.0 Å². The van der Waals surface area contributed by atoms with Gasteiger partial charge in [0.25, 0.3) is 5.56 Å². The number of fused-ring (bicyclic) bond motifs is 1. The van der Waals surface area contributed by atoms with Gasteiger partial charge in [-0.05, 0) is 17.9 Å². The van der Waals surface area contributed by atoms with Crippen LogP contribution in [0.3, 0.4) is 0 Å². The summed E-state index contributed by atoms with van der Waals surface area (Å²) in [5, 5.41) is 3.17. The molecule has 0 aliphatic heterocycles. The highest BCUT2D eigenvalue weighted by atomic mass is 32.2. The predicted octanol–water partition coefficient (Wildman–Crippen LogP) is 4.25. The van der Waals surface area contributed by atoms with Crippen molar-refractivity contribution in [1.29, 1.82) is 0 Å². The molecule has 2 heterocycles. The van der Waals surface area contributed by atoms with Gasteiger partial charge in [-0.2, -0.15) is 0 Å². The number of aromatic amines is 1. The van der Waals surface area contributed by atoms with Gasteiger partial charge in [-0.3, -0.25) is 9.79 Å². The molecular formula is C19H22N4OS2. The van der Waals surface area contributed by atoms with Crippen molar-refractivity contribution < 1.29 is 0 Å². The van der Waals surface area contributed by atoms with Gasteiger partial charge in [0, 0.05) is 17.5 Å². The largest absolute Gasteiger partial charge is 0.379 e. The van der Waals surface area contributed by atoms with E-state index in [-0.39, 0.29) is 5.56 Å². The van der Waals surface area contributed by atoms with E-state index in [1.54, 1.807) is 0 Å². The molecular weight excluding hydrogens is 364 g/mol. The molecule has 1 aromatic carbocycles. The Kier molecular flexibility index (Phi) is 6.11. The topological polar surface area (TPSA) is 84.1 Å². The molecule has 26 heavy (non-hydrogen) atoms. The molecule has 5 nitrogen and oxygen atoms in total. The maximum atomic E-state index is 12.6. The fourth-order valence-electron chi connectivity index (χ4n) is 2.51. The molecule has 0 atom stereocenters. The second kappa shape index (κ2) is 8.51. The van der Waals surface area contributed by atoms with E-state index in [0.717, 1.165) is 28.9 Å². The van der Waals surface area contributed by atoms with Gasteiger partial charge in [0.2, 0.25) is 0 Å².